The van der Waals surface area contributed by atoms with Crippen LogP contribution in [0.1, 0.15) is 32.1 Å². The van der Waals surface area contributed by atoms with Crippen LogP contribution in [0, 0.1) is 16.0 Å². The first-order valence-electron chi connectivity index (χ1n) is 8.48. The number of non-ortho nitro benzene ring substituents is 1. The number of benzene rings is 1. The molecule has 2 fully saturated rings. The highest BCUT2D eigenvalue weighted by atomic mass is 16.6. The van der Waals surface area contributed by atoms with Crippen molar-refractivity contribution in [2.24, 2.45) is 11.7 Å². The summed E-state index contributed by atoms with van der Waals surface area (Å²) < 4.78 is 5.88. The van der Waals surface area contributed by atoms with E-state index in [2.05, 4.69) is 0 Å². The molecule has 24 heavy (non-hydrogen) atoms. The summed E-state index contributed by atoms with van der Waals surface area (Å²) in [4.78, 5) is 24.6. The third-order valence-electron chi connectivity index (χ3n) is 4.93. The molecular weight excluding hydrogens is 310 g/mol. The Bertz CT molecular complexity index is 596. The third kappa shape index (κ3) is 3.84. The maximum atomic E-state index is 12.5. The van der Waals surface area contributed by atoms with Crippen molar-refractivity contribution in [3.8, 4) is 5.75 Å². The fourth-order valence-corrected chi connectivity index (χ4v) is 3.53. The predicted molar refractivity (Wildman–Crippen MR) is 88.6 cm³/mol. The van der Waals surface area contributed by atoms with E-state index in [0.717, 1.165) is 32.1 Å². The number of nitro benzene ring substituents is 1. The van der Waals surface area contributed by atoms with Gasteiger partial charge in [0.15, 0.2) is 0 Å². The van der Waals surface area contributed by atoms with Crippen LogP contribution in [-0.2, 0) is 4.79 Å². The number of rotatable bonds is 4. The largest absolute Gasteiger partial charge is 0.490 e. The molecule has 2 unspecified atom stereocenters. The summed E-state index contributed by atoms with van der Waals surface area (Å²) in [7, 11) is 0. The smallest absolute Gasteiger partial charge is 0.269 e. The Morgan fingerprint density at radius 1 is 1.17 bits per heavy atom. The van der Waals surface area contributed by atoms with Gasteiger partial charge in [-0.05, 0) is 31.4 Å². The zero-order valence-electron chi connectivity index (χ0n) is 13.6. The molecule has 7 heteroatoms. The number of piperidine rings is 1. The van der Waals surface area contributed by atoms with Crippen LogP contribution < -0.4 is 10.5 Å². The molecule has 0 radical (unpaired) electrons. The van der Waals surface area contributed by atoms with E-state index in [1.807, 2.05) is 4.90 Å². The molecule has 0 bridgehead atoms. The lowest BCUT2D eigenvalue weighted by Crippen LogP contribution is -2.44. The second-order valence-electron chi connectivity index (χ2n) is 6.66. The number of hydrogen-bond acceptors (Lipinski definition) is 5. The van der Waals surface area contributed by atoms with Crippen molar-refractivity contribution in [3.05, 3.63) is 34.4 Å². The zero-order chi connectivity index (χ0) is 17.1. The fourth-order valence-electron chi connectivity index (χ4n) is 3.53. The quantitative estimate of drug-likeness (QED) is 0.672. The number of amides is 1. The summed E-state index contributed by atoms with van der Waals surface area (Å²) in [5.41, 5.74) is 5.95. The standard InChI is InChI=1S/C17H23N3O4/c18-13-2-1-12(11-13)17(21)19-9-7-16(8-10-19)24-15-5-3-14(4-6-15)20(22)23/h3-6,12-13,16H,1-2,7-11,18H2. The van der Waals surface area contributed by atoms with Gasteiger partial charge in [-0.25, -0.2) is 0 Å². The molecule has 7 nitrogen and oxygen atoms in total. The van der Waals surface area contributed by atoms with Gasteiger partial charge in [0.05, 0.1) is 4.92 Å². The number of hydrogen-bond donors (Lipinski definition) is 1. The van der Waals surface area contributed by atoms with Crippen LogP contribution in [0.15, 0.2) is 24.3 Å². The van der Waals surface area contributed by atoms with Gasteiger partial charge >= 0.3 is 0 Å². The summed E-state index contributed by atoms with van der Waals surface area (Å²) in [5.74, 6) is 0.955. The van der Waals surface area contributed by atoms with Crippen molar-refractivity contribution < 1.29 is 14.5 Å². The SMILES string of the molecule is NC1CCC(C(=O)N2CCC(Oc3ccc([N+](=O)[O-])cc3)CC2)C1. The number of carbonyl (C=O) groups is 1. The van der Waals surface area contributed by atoms with Crippen LogP contribution in [0.5, 0.6) is 5.75 Å². The van der Waals surface area contributed by atoms with Crippen molar-refractivity contribution in [2.75, 3.05) is 13.1 Å². The highest BCUT2D eigenvalue weighted by Gasteiger charge is 2.33. The molecule has 1 aromatic carbocycles. The third-order valence-corrected chi connectivity index (χ3v) is 4.93. The van der Waals surface area contributed by atoms with Crippen molar-refractivity contribution in [1.82, 2.24) is 4.90 Å². The molecule has 1 aliphatic carbocycles. The Morgan fingerprint density at radius 3 is 2.38 bits per heavy atom. The highest BCUT2D eigenvalue weighted by Crippen LogP contribution is 2.28. The Kier molecular flexibility index (Phi) is 4.99. The van der Waals surface area contributed by atoms with Gasteiger partial charge in [-0.2, -0.15) is 0 Å². The van der Waals surface area contributed by atoms with E-state index >= 15 is 0 Å². The van der Waals surface area contributed by atoms with Gasteiger partial charge in [-0.1, -0.05) is 0 Å². The van der Waals surface area contributed by atoms with Gasteiger partial charge in [-0.3, -0.25) is 14.9 Å². The average Bonchev–Trinajstić information content (AvgIpc) is 3.02. The fraction of sp³-hybridized carbons (Fsp3) is 0.588. The van der Waals surface area contributed by atoms with Gasteiger partial charge in [0, 0.05) is 50.0 Å². The zero-order valence-corrected chi connectivity index (χ0v) is 13.6. The lowest BCUT2D eigenvalue weighted by molar-refractivity contribution is -0.384. The van der Waals surface area contributed by atoms with Gasteiger partial charge < -0.3 is 15.4 Å². The lowest BCUT2D eigenvalue weighted by Gasteiger charge is -2.33. The first-order chi connectivity index (χ1) is 11.5. The molecule has 0 spiro atoms. The number of ether oxygens (including phenoxy) is 1. The van der Waals surface area contributed by atoms with E-state index in [9.17, 15) is 14.9 Å². The van der Waals surface area contributed by atoms with Gasteiger partial charge in [0.1, 0.15) is 11.9 Å². The first kappa shape index (κ1) is 16.7. The van der Waals surface area contributed by atoms with E-state index in [1.165, 1.54) is 12.1 Å². The molecule has 1 saturated carbocycles. The van der Waals surface area contributed by atoms with Gasteiger partial charge in [-0.15, -0.1) is 0 Å². The van der Waals surface area contributed by atoms with Crippen LogP contribution in [-0.4, -0.2) is 41.0 Å². The lowest BCUT2D eigenvalue weighted by atomic mass is 10.0. The Morgan fingerprint density at radius 2 is 1.83 bits per heavy atom. The number of nitro groups is 1. The second kappa shape index (κ2) is 7.17. The van der Waals surface area contributed by atoms with Crippen molar-refractivity contribution in [2.45, 2.75) is 44.2 Å². The molecule has 2 atom stereocenters. The van der Waals surface area contributed by atoms with E-state index < -0.39 is 4.92 Å². The highest BCUT2D eigenvalue weighted by molar-refractivity contribution is 5.79. The molecule has 1 aromatic rings. The van der Waals surface area contributed by atoms with Crippen LogP contribution in [0.4, 0.5) is 5.69 Å². The summed E-state index contributed by atoms with van der Waals surface area (Å²) >= 11 is 0. The molecule has 1 aliphatic heterocycles. The van der Waals surface area contributed by atoms with Crippen molar-refractivity contribution in [3.63, 3.8) is 0 Å². The van der Waals surface area contributed by atoms with Crippen LogP contribution in [0.2, 0.25) is 0 Å². The first-order valence-corrected chi connectivity index (χ1v) is 8.48. The molecule has 130 valence electrons. The molecule has 3 rings (SSSR count). The molecule has 2 N–H and O–H groups in total. The van der Waals surface area contributed by atoms with Crippen molar-refractivity contribution >= 4 is 11.6 Å². The van der Waals surface area contributed by atoms with Crippen LogP contribution in [0.25, 0.3) is 0 Å². The molecule has 0 aromatic heterocycles. The summed E-state index contributed by atoms with van der Waals surface area (Å²) in [6, 6.07) is 6.29. The minimum absolute atomic E-state index is 0.0429. The number of likely N-dealkylation sites (tertiary alicyclic amines) is 1. The minimum Gasteiger partial charge on any atom is -0.490 e. The maximum absolute atomic E-state index is 12.5. The molecular formula is C17H23N3O4. The number of nitrogens with zero attached hydrogens (tertiary/aromatic N) is 2. The van der Waals surface area contributed by atoms with E-state index in [4.69, 9.17) is 10.5 Å². The summed E-state index contributed by atoms with van der Waals surface area (Å²) in [5, 5.41) is 10.7. The number of carbonyl (C=O) groups excluding carboxylic acids is 1. The topological polar surface area (TPSA) is 98.7 Å². The summed E-state index contributed by atoms with van der Waals surface area (Å²) in [6.45, 7) is 1.39. The van der Waals surface area contributed by atoms with Crippen molar-refractivity contribution in [1.29, 1.82) is 0 Å². The summed E-state index contributed by atoms with van der Waals surface area (Å²) in [6.07, 6.45) is 4.25. The molecule has 2 aliphatic rings. The predicted octanol–water partition coefficient (Wildman–Crippen LogP) is 2.09. The normalized spacial score (nSPS) is 24.8. The maximum Gasteiger partial charge on any atom is 0.269 e. The second-order valence-corrected chi connectivity index (χ2v) is 6.66. The molecule has 1 heterocycles. The van der Waals surface area contributed by atoms with Gasteiger partial charge in [0.25, 0.3) is 5.69 Å². The minimum atomic E-state index is -0.428. The van der Waals surface area contributed by atoms with Crippen LogP contribution >= 0.6 is 0 Å². The Balaban J connectivity index is 1.48. The Labute approximate surface area is 140 Å². The number of nitrogens with two attached hydrogens (primary N) is 1. The monoisotopic (exact) mass is 333 g/mol. The van der Waals surface area contributed by atoms with E-state index in [0.29, 0.717) is 18.8 Å². The van der Waals surface area contributed by atoms with Crippen LogP contribution in [0.3, 0.4) is 0 Å². The van der Waals surface area contributed by atoms with Gasteiger partial charge in [0.2, 0.25) is 5.91 Å². The average molecular weight is 333 g/mol. The Hall–Kier alpha value is -2.15. The van der Waals surface area contributed by atoms with E-state index in [1.54, 1.807) is 12.1 Å². The van der Waals surface area contributed by atoms with E-state index in [-0.39, 0.29) is 29.7 Å². The molecule has 1 amide bonds. The molecule has 1 saturated heterocycles.